The Morgan fingerprint density at radius 1 is 0.833 bits per heavy atom. The lowest BCUT2D eigenvalue weighted by molar-refractivity contribution is -0.384. The summed E-state index contributed by atoms with van der Waals surface area (Å²) in [5.74, 6) is 2.05. The van der Waals surface area contributed by atoms with E-state index in [0.717, 1.165) is 34.0 Å². The summed E-state index contributed by atoms with van der Waals surface area (Å²) >= 11 is 0. The molecule has 0 aliphatic heterocycles. The standard InChI is InChI=1S/C23H19N3O4/c1-29-19-10-6-15(7-11-19)21-22(16-8-12-20(30-2)13-9-16)25-23(24-21)17-4-3-5-18(14-17)26(27)28/h3-14H,1-2H3,(H,24,25). The molecule has 0 amide bonds. The van der Waals surface area contributed by atoms with Gasteiger partial charge >= 0.3 is 0 Å². The number of aromatic amines is 1. The van der Waals surface area contributed by atoms with Gasteiger partial charge in [0.25, 0.3) is 5.69 Å². The van der Waals surface area contributed by atoms with Gasteiger partial charge in [0.15, 0.2) is 0 Å². The molecule has 30 heavy (non-hydrogen) atoms. The van der Waals surface area contributed by atoms with Crippen LogP contribution in [0.1, 0.15) is 0 Å². The van der Waals surface area contributed by atoms with Gasteiger partial charge in [0.1, 0.15) is 17.3 Å². The summed E-state index contributed by atoms with van der Waals surface area (Å²) in [7, 11) is 3.24. The number of hydrogen-bond acceptors (Lipinski definition) is 5. The third kappa shape index (κ3) is 3.73. The fourth-order valence-electron chi connectivity index (χ4n) is 3.20. The summed E-state index contributed by atoms with van der Waals surface area (Å²) in [5, 5.41) is 11.2. The van der Waals surface area contributed by atoms with Gasteiger partial charge in [-0.3, -0.25) is 10.1 Å². The molecule has 4 rings (SSSR count). The zero-order valence-corrected chi connectivity index (χ0v) is 16.5. The van der Waals surface area contributed by atoms with E-state index in [1.54, 1.807) is 26.4 Å². The Kier molecular flexibility index (Phi) is 5.17. The molecule has 0 bridgehead atoms. The van der Waals surface area contributed by atoms with Gasteiger partial charge in [-0.25, -0.2) is 4.98 Å². The number of rotatable bonds is 6. The molecule has 0 fully saturated rings. The molecule has 1 heterocycles. The Morgan fingerprint density at radius 2 is 1.43 bits per heavy atom. The average Bonchev–Trinajstić information content (AvgIpc) is 3.25. The van der Waals surface area contributed by atoms with E-state index in [0.29, 0.717) is 11.4 Å². The number of imidazole rings is 1. The molecule has 0 aliphatic rings. The van der Waals surface area contributed by atoms with Crippen molar-refractivity contribution in [3.8, 4) is 45.4 Å². The summed E-state index contributed by atoms with van der Waals surface area (Å²) in [6.45, 7) is 0. The normalized spacial score (nSPS) is 10.6. The van der Waals surface area contributed by atoms with Crippen molar-refractivity contribution in [1.29, 1.82) is 0 Å². The van der Waals surface area contributed by atoms with Crippen LogP contribution in [-0.4, -0.2) is 29.1 Å². The van der Waals surface area contributed by atoms with E-state index in [9.17, 15) is 10.1 Å². The van der Waals surface area contributed by atoms with Gasteiger partial charge in [0.05, 0.1) is 30.5 Å². The number of nitrogens with one attached hydrogen (secondary N) is 1. The summed E-state index contributed by atoms with van der Waals surface area (Å²) < 4.78 is 10.5. The maximum absolute atomic E-state index is 11.2. The molecule has 3 aromatic carbocycles. The molecule has 150 valence electrons. The number of nitrogens with zero attached hydrogens (tertiary/aromatic N) is 2. The van der Waals surface area contributed by atoms with Crippen molar-refractivity contribution in [2.45, 2.75) is 0 Å². The lowest BCUT2D eigenvalue weighted by Crippen LogP contribution is -1.89. The Morgan fingerprint density at radius 3 is 2.00 bits per heavy atom. The average molecular weight is 401 g/mol. The summed E-state index contributed by atoms with van der Waals surface area (Å²) in [4.78, 5) is 18.9. The van der Waals surface area contributed by atoms with Crippen molar-refractivity contribution in [3.63, 3.8) is 0 Å². The van der Waals surface area contributed by atoms with Crippen LogP contribution < -0.4 is 9.47 Å². The second-order valence-electron chi connectivity index (χ2n) is 6.57. The molecular formula is C23H19N3O4. The van der Waals surface area contributed by atoms with Gasteiger partial charge in [-0.2, -0.15) is 0 Å². The predicted molar refractivity (Wildman–Crippen MR) is 115 cm³/mol. The molecular weight excluding hydrogens is 382 g/mol. The third-order valence-corrected chi connectivity index (χ3v) is 4.78. The van der Waals surface area contributed by atoms with Crippen molar-refractivity contribution >= 4 is 5.69 Å². The summed E-state index contributed by atoms with van der Waals surface area (Å²) in [6.07, 6.45) is 0. The highest BCUT2D eigenvalue weighted by Crippen LogP contribution is 2.35. The van der Waals surface area contributed by atoms with E-state index in [1.165, 1.54) is 12.1 Å². The fourth-order valence-corrected chi connectivity index (χ4v) is 3.20. The molecule has 0 radical (unpaired) electrons. The maximum atomic E-state index is 11.2. The van der Waals surface area contributed by atoms with Crippen LogP contribution in [0.3, 0.4) is 0 Å². The zero-order valence-electron chi connectivity index (χ0n) is 16.5. The van der Waals surface area contributed by atoms with Crippen molar-refractivity contribution in [2.24, 2.45) is 0 Å². The van der Waals surface area contributed by atoms with E-state index in [4.69, 9.17) is 14.5 Å². The number of H-pyrrole nitrogens is 1. The lowest BCUT2D eigenvalue weighted by Gasteiger charge is -2.06. The monoisotopic (exact) mass is 401 g/mol. The van der Waals surface area contributed by atoms with Crippen molar-refractivity contribution < 1.29 is 14.4 Å². The number of hydrogen-bond donors (Lipinski definition) is 1. The van der Waals surface area contributed by atoms with Crippen LogP contribution in [0.15, 0.2) is 72.8 Å². The second-order valence-corrected chi connectivity index (χ2v) is 6.57. The maximum Gasteiger partial charge on any atom is 0.270 e. The van der Waals surface area contributed by atoms with Gasteiger partial charge in [0.2, 0.25) is 0 Å². The minimum Gasteiger partial charge on any atom is -0.497 e. The van der Waals surface area contributed by atoms with Gasteiger partial charge in [-0.05, 0) is 48.5 Å². The van der Waals surface area contributed by atoms with E-state index in [-0.39, 0.29) is 5.69 Å². The first-order chi connectivity index (χ1) is 14.6. The fraction of sp³-hybridized carbons (Fsp3) is 0.0870. The highest BCUT2D eigenvalue weighted by atomic mass is 16.6. The van der Waals surface area contributed by atoms with E-state index in [2.05, 4.69) is 4.98 Å². The Labute approximate surface area is 173 Å². The molecule has 0 saturated heterocycles. The molecule has 0 aliphatic carbocycles. The van der Waals surface area contributed by atoms with Gasteiger partial charge < -0.3 is 14.5 Å². The SMILES string of the molecule is COc1ccc(-c2nc(-c3cccc([N+](=O)[O-])c3)[nH]c2-c2ccc(OC)cc2)cc1. The Hall–Kier alpha value is -4.13. The van der Waals surface area contributed by atoms with Crippen LogP contribution in [0.4, 0.5) is 5.69 Å². The van der Waals surface area contributed by atoms with Crippen LogP contribution in [-0.2, 0) is 0 Å². The molecule has 0 saturated carbocycles. The van der Waals surface area contributed by atoms with Crippen molar-refractivity contribution in [1.82, 2.24) is 9.97 Å². The number of methoxy groups -OCH3 is 2. The molecule has 1 N–H and O–H groups in total. The number of nitro groups is 1. The number of benzene rings is 3. The lowest BCUT2D eigenvalue weighted by atomic mass is 10.0. The molecule has 1 aromatic heterocycles. The summed E-state index contributed by atoms with van der Waals surface area (Å²) in [5.41, 5.74) is 4.02. The molecule has 0 spiro atoms. The first-order valence-electron chi connectivity index (χ1n) is 9.22. The van der Waals surface area contributed by atoms with Crippen LogP contribution in [0, 0.1) is 10.1 Å². The van der Waals surface area contributed by atoms with Crippen LogP contribution in [0.5, 0.6) is 11.5 Å². The Bertz CT molecular complexity index is 1120. The van der Waals surface area contributed by atoms with Crippen LogP contribution >= 0.6 is 0 Å². The number of nitro benzene ring substituents is 1. The third-order valence-electron chi connectivity index (χ3n) is 4.78. The van der Waals surface area contributed by atoms with Gasteiger partial charge in [0, 0.05) is 28.8 Å². The molecule has 7 heteroatoms. The quantitative estimate of drug-likeness (QED) is 0.348. The zero-order chi connectivity index (χ0) is 21.1. The summed E-state index contributed by atoms with van der Waals surface area (Å²) in [6, 6.07) is 21.6. The van der Waals surface area contributed by atoms with E-state index < -0.39 is 4.92 Å². The molecule has 7 nitrogen and oxygen atoms in total. The molecule has 0 unspecified atom stereocenters. The van der Waals surface area contributed by atoms with Crippen molar-refractivity contribution in [2.75, 3.05) is 14.2 Å². The van der Waals surface area contributed by atoms with Crippen molar-refractivity contribution in [3.05, 3.63) is 82.9 Å². The predicted octanol–water partition coefficient (Wildman–Crippen LogP) is 5.34. The first-order valence-corrected chi connectivity index (χ1v) is 9.22. The first kappa shape index (κ1) is 19.2. The number of aromatic nitrogens is 2. The highest BCUT2D eigenvalue weighted by molar-refractivity contribution is 5.81. The number of ether oxygens (including phenoxy) is 2. The van der Waals surface area contributed by atoms with E-state index >= 15 is 0 Å². The topological polar surface area (TPSA) is 90.3 Å². The minimum atomic E-state index is -0.415. The van der Waals surface area contributed by atoms with Crippen LogP contribution in [0.25, 0.3) is 33.9 Å². The highest BCUT2D eigenvalue weighted by Gasteiger charge is 2.17. The van der Waals surface area contributed by atoms with Crippen LogP contribution in [0.2, 0.25) is 0 Å². The second kappa shape index (κ2) is 8.08. The van der Waals surface area contributed by atoms with E-state index in [1.807, 2.05) is 48.5 Å². The van der Waals surface area contributed by atoms with Gasteiger partial charge in [-0.15, -0.1) is 0 Å². The smallest absolute Gasteiger partial charge is 0.270 e. The van der Waals surface area contributed by atoms with Gasteiger partial charge in [-0.1, -0.05) is 12.1 Å². The molecule has 4 aromatic rings. The Balaban J connectivity index is 1.85. The largest absolute Gasteiger partial charge is 0.497 e. The molecule has 0 atom stereocenters. The number of non-ortho nitro benzene ring substituents is 1. The minimum absolute atomic E-state index is 0.0147.